The van der Waals surface area contributed by atoms with Gasteiger partial charge in [0, 0.05) is 18.5 Å². The Morgan fingerprint density at radius 1 is 0.857 bits per heavy atom. The van der Waals surface area contributed by atoms with Gasteiger partial charge in [0.1, 0.15) is 7.05 Å². The van der Waals surface area contributed by atoms with E-state index < -0.39 is 0 Å². The largest absolute Gasteiger partial charge is 0.220 e. The molecule has 4 rings (SSSR count). The Kier molecular flexibility index (Phi) is 4.44. The molecule has 28 heavy (non-hydrogen) atoms. The van der Waals surface area contributed by atoms with E-state index in [1.165, 1.54) is 33.5 Å². The number of aryl methyl sites for hydroxylation is 1. The SMILES string of the molecule is [2H]c1c(C)[n+](C)c(-c2ccc(-c3ccccc3)cc2C)c2cc(C(C)C)ccc12. The zero-order chi connectivity index (χ0) is 20.7. The molecule has 1 aromatic heterocycles. The molecule has 0 unspecified atom stereocenters. The van der Waals surface area contributed by atoms with Gasteiger partial charge in [-0.05, 0) is 52.6 Å². The van der Waals surface area contributed by atoms with Crippen molar-refractivity contribution in [1.82, 2.24) is 0 Å². The molecular weight excluding hydrogens is 338 g/mol. The van der Waals surface area contributed by atoms with Crippen LogP contribution in [-0.2, 0) is 7.05 Å². The molecule has 3 aromatic carbocycles. The van der Waals surface area contributed by atoms with E-state index in [1.54, 1.807) is 0 Å². The first kappa shape index (κ1) is 17.2. The fourth-order valence-corrected chi connectivity index (χ4v) is 3.92. The van der Waals surface area contributed by atoms with Crippen LogP contribution in [0.25, 0.3) is 33.2 Å². The Bertz CT molecular complexity index is 1210. The lowest BCUT2D eigenvalue weighted by atomic mass is 9.93. The molecular formula is C27H28N+. The van der Waals surface area contributed by atoms with E-state index in [0.717, 1.165) is 16.5 Å². The highest BCUT2D eigenvalue weighted by Gasteiger charge is 2.20. The number of benzene rings is 3. The first-order valence-corrected chi connectivity index (χ1v) is 9.97. The maximum atomic E-state index is 8.65. The number of fused-ring (bicyclic) bond motifs is 1. The summed E-state index contributed by atoms with van der Waals surface area (Å²) in [6.45, 7) is 8.66. The van der Waals surface area contributed by atoms with E-state index in [0.29, 0.717) is 12.0 Å². The molecule has 1 heteroatoms. The van der Waals surface area contributed by atoms with Crippen molar-refractivity contribution < 1.29 is 5.94 Å². The minimum Gasteiger partial charge on any atom is -0.198 e. The quantitative estimate of drug-likeness (QED) is 0.353. The maximum Gasteiger partial charge on any atom is 0.220 e. The second-order valence-electron chi connectivity index (χ2n) is 7.97. The summed E-state index contributed by atoms with van der Waals surface area (Å²) < 4.78 is 10.8. The van der Waals surface area contributed by atoms with Crippen LogP contribution in [0.4, 0.5) is 0 Å². The third-order valence-corrected chi connectivity index (χ3v) is 5.71. The predicted octanol–water partition coefficient (Wildman–Crippen LogP) is 6.74. The Morgan fingerprint density at radius 3 is 2.29 bits per heavy atom. The molecule has 0 N–H and O–H groups in total. The van der Waals surface area contributed by atoms with Crippen molar-refractivity contribution >= 4 is 10.8 Å². The summed E-state index contributed by atoms with van der Waals surface area (Å²) in [6, 6.07) is 24.4. The molecule has 0 radical (unpaired) electrons. The standard InChI is InChI=1S/C27H28N/c1-18(2)22-11-12-24-16-20(4)28(5)27(26(24)17-22)25-14-13-23(15-19(25)3)21-9-7-6-8-10-21/h6-18H,1-5H3/q+1/i16D. The number of pyridine rings is 1. The van der Waals surface area contributed by atoms with Crippen molar-refractivity contribution in [3.05, 3.63) is 89.6 Å². The molecule has 0 bridgehead atoms. The number of nitrogens with zero attached hydrogens (tertiary/aromatic N) is 1. The predicted molar refractivity (Wildman–Crippen MR) is 120 cm³/mol. The Hall–Kier alpha value is -2.93. The summed E-state index contributed by atoms with van der Waals surface area (Å²) >= 11 is 0. The third kappa shape index (κ3) is 3.22. The smallest absolute Gasteiger partial charge is 0.198 e. The topological polar surface area (TPSA) is 3.88 Å². The molecule has 1 nitrogen and oxygen atoms in total. The van der Waals surface area contributed by atoms with Crippen molar-refractivity contribution in [2.45, 2.75) is 33.6 Å². The van der Waals surface area contributed by atoms with Crippen LogP contribution < -0.4 is 4.57 Å². The summed E-state index contributed by atoms with van der Waals surface area (Å²) in [5.74, 6) is 0.453. The van der Waals surface area contributed by atoms with Crippen LogP contribution >= 0.6 is 0 Å². The van der Waals surface area contributed by atoms with Gasteiger partial charge in [-0.15, -0.1) is 0 Å². The Balaban J connectivity index is 1.99. The highest BCUT2D eigenvalue weighted by molar-refractivity contribution is 5.94. The number of hydrogen-bond donors (Lipinski definition) is 0. The molecule has 140 valence electrons. The Morgan fingerprint density at radius 2 is 1.61 bits per heavy atom. The first-order chi connectivity index (χ1) is 13.9. The summed E-state index contributed by atoms with van der Waals surface area (Å²) in [7, 11) is 2.08. The van der Waals surface area contributed by atoms with Gasteiger partial charge in [0.2, 0.25) is 5.69 Å². The first-order valence-electron chi connectivity index (χ1n) is 10.5. The minimum atomic E-state index is 0.453. The van der Waals surface area contributed by atoms with E-state index in [-0.39, 0.29) is 0 Å². The molecule has 0 spiro atoms. The van der Waals surface area contributed by atoms with Crippen LogP contribution in [0.5, 0.6) is 0 Å². The van der Waals surface area contributed by atoms with Gasteiger partial charge in [-0.3, -0.25) is 0 Å². The number of rotatable bonds is 3. The van der Waals surface area contributed by atoms with Gasteiger partial charge >= 0.3 is 0 Å². The monoisotopic (exact) mass is 367 g/mol. The van der Waals surface area contributed by atoms with Crippen LogP contribution in [0.3, 0.4) is 0 Å². The maximum absolute atomic E-state index is 8.65. The van der Waals surface area contributed by atoms with E-state index in [4.69, 9.17) is 1.37 Å². The average Bonchev–Trinajstić information content (AvgIpc) is 2.73. The number of aromatic nitrogens is 1. The van der Waals surface area contributed by atoms with Crippen LogP contribution in [0.2, 0.25) is 0 Å². The average molecular weight is 368 g/mol. The van der Waals surface area contributed by atoms with Crippen LogP contribution in [0.15, 0.2) is 72.8 Å². The molecule has 0 amide bonds. The van der Waals surface area contributed by atoms with E-state index in [2.05, 4.69) is 93.0 Å². The fourth-order valence-electron chi connectivity index (χ4n) is 3.92. The highest BCUT2D eigenvalue weighted by Crippen LogP contribution is 2.33. The number of hydrogen-bond acceptors (Lipinski definition) is 0. The summed E-state index contributed by atoms with van der Waals surface area (Å²) in [5, 5.41) is 2.18. The zero-order valence-electron chi connectivity index (χ0n) is 18.4. The second-order valence-corrected chi connectivity index (χ2v) is 7.97. The summed E-state index contributed by atoms with van der Waals surface area (Å²) in [6.07, 6.45) is 0. The van der Waals surface area contributed by atoms with Crippen LogP contribution in [0, 0.1) is 13.8 Å². The van der Waals surface area contributed by atoms with Crippen molar-refractivity contribution in [2.24, 2.45) is 7.05 Å². The third-order valence-electron chi connectivity index (χ3n) is 5.71. The summed E-state index contributed by atoms with van der Waals surface area (Å²) in [4.78, 5) is 0. The lowest BCUT2D eigenvalue weighted by Gasteiger charge is -2.13. The van der Waals surface area contributed by atoms with Gasteiger partial charge in [-0.25, -0.2) is 0 Å². The minimum absolute atomic E-state index is 0.453. The fraction of sp³-hybridized carbons (Fsp3) is 0.222. The molecule has 0 fully saturated rings. The van der Waals surface area contributed by atoms with Crippen molar-refractivity contribution in [3.63, 3.8) is 0 Å². The molecule has 0 saturated heterocycles. The van der Waals surface area contributed by atoms with Gasteiger partial charge in [-0.2, -0.15) is 4.57 Å². The van der Waals surface area contributed by atoms with Crippen LogP contribution in [0.1, 0.15) is 38.0 Å². The van der Waals surface area contributed by atoms with Crippen molar-refractivity contribution in [2.75, 3.05) is 0 Å². The van der Waals surface area contributed by atoms with Crippen molar-refractivity contribution in [1.29, 1.82) is 0 Å². The highest BCUT2D eigenvalue weighted by atomic mass is 14.9. The van der Waals surface area contributed by atoms with E-state index in [9.17, 15) is 0 Å². The van der Waals surface area contributed by atoms with Gasteiger partial charge in [0.05, 0.1) is 6.76 Å². The van der Waals surface area contributed by atoms with Crippen LogP contribution in [-0.4, -0.2) is 0 Å². The van der Waals surface area contributed by atoms with Gasteiger partial charge < -0.3 is 0 Å². The zero-order valence-corrected chi connectivity index (χ0v) is 17.4. The molecule has 4 aromatic rings. The second kappa shape index (κ2) is 7.24. The Labute approximate surface area is 169 Å². The van der Waals surface area contributed by atoms with E-state index in [1.807, 2.05) is 13.0 Å². The summed E-state index contributed by atoms with van der Waals surface area (Å²) in [5.41, 5.74) is 8.41. The normalized spacial score (nSPS) is 11.9. The molecule has 0 saturated carbocycles. The molecule has 0 aliphatic heterocycles. The molecule has 0 aliphatic carbocycles. The van der Waals surface area contributed by atoms with Gasteiger partial charge in [0.15, 0.2) is 5.69 Å². The molecule has 1 heterocycles. The van der Waals surface area contributed by atoms with Crippen molar-refractivity contribution in [3.8, 4) is 22.4 Å². The lowest BCUT2D eigenvalue weighted by molar-refractivity contribution is -0.665. The van der Waals surface area contributed by atoms with Gasteiger partial charge in [0.25, 0.3) is 0 Å². The molecule has 0 atom stereocenters. The molecule has 0 aliphatic rings. The van der Waals surface area contributed by atoms with Gasteiger partial charge in [-0.1, -0.05) is 68.4 Å². The van der Waals surface area contributed by atoms with E-state index >= 15 is 0 Å². The lowest BCUT2D eigenvalue weighted by Crippen LogP contribution is -2.35.